The number of rotatable bonds is 7. The second kappa shape index (κ2) is 10.8. The zero-order valence-corrected chi connectivity index (χ0v) is 21.1. The van der Waals surface area contributed by atoms with Gasteiger partial charge >= 0.3 is 0 Å². The minimum atomic E-state index is -3.56. The summed E-state index contributed by atoms with van der Waals surface area (Å²) in [6, 6.07) is 18.8. The first-order chi connectivity index (χ1) is 17.5. The van der Waals surface area contributed by atoms with Crippen molar-refractivity contribution in [2.24, 2.45) is 4.99 Å². The molecule has 7 nitrogen and oxygen atoms in total. The van der Waals surface area contributed by atoms with Crippen LogP contribution in [0.4, 0.5) is 10.1 Å². The van der Waals surface area contributed by atoms with E-state index in [4.69, 9.17) is 9.73 Å². The van der Waals surface area contributed by atoms with Crippen LogP contribution in [0.1, 0.15) is 5.69 Å². The van der Waals surface area contributed by atoms with Gasteiger partial charge in [0.15, 0.2) is 4.80 Å². The molecule has 10 heteroatoms. The number of morpholine rings is 1. The molecule has 3 heterocycles. The fourth-order valence-electron chi connectivity index (χ4n) is 4.00. The molecule has 1 fully saturated rings. The molecule has 1 saturated heterocycles. The van der Waals surface area contributed by atoms with Gasteiger partial charge in [-0.05, 0) is 66.2 Å². The van der Waals surface area contributed by atoms with Gasteiger partial charge in [-0.2, -0.15) is 4.31 Å². The van der Waals surface area contributed by atoms with Gasteiger partial charge < -0.3 is 9.30 Å². The molecule has 2 aromatic carbocycles. The lowest BCUT2D eigenvalue weighted by molar-refractivity contribution is 0.0730. The summed E-state index contributed by atoms with van der Waals surface area (Å²) in [5.41, 5.74) is 3.43. The number of nitrogens with zero attached hydrogens (tertiary/aromatic N) is 4. The van der Waals surface area contributed by atoms with E-state index >= 15 is 0 Å². The van der Waals surface area contributed by atoms with Crippen molar-refractivity contribution in [3.63, 3.8) is 0 Å². The van der Waals surface area contributed by atoms with Crippen LogP contribution >= 0.6 is 11.3 Å². The van der Waals surface area contributed by atoms with E-state index in [-0.39, 0.29) is 10.7 Å². The largest absolute Gasteiger partial charge is 0.379 e. The van der Waals surface area contributed by atoms with Gasteiger partial charge in [0.2, 0.25) is 10.0 Å². The quantitative estimate of drug-likeness (QED) is 0.362. The van der Waals surface area contributed by atoms with Crippen LogP contribution in [0.15, 0.2) is 88.2 Å². The number of hydrogen-bond donors (Lipinski definition) is 0. The maximum absolute atomic E-state index is 13.5. The van der Waals surface area contributed by atoms with Crippen LogP contribution in [0, 0.1) is 5.82 Å². The summed E-state index contributed by atoms with van der Waals surface area (Å²) in [5.74, 6) is -0.286. The molecule has 2 aromatic heterocycles. The molecule has 0 unspecified atom stereocenters. The molecule has 0 aliphatic carbocycles. The number of aryl methyl sites for hydroxylation is 1. The van der Waals surface area contributed by atoms with Crippen molar-refractivity contribution in [2.45, 2.75) is 17.9 Å². The number of benzene rings is 2. The highest BCUT2D eigenvalue weighted by Crippen LogP contribution is 2.23. The molecular formula is C26H25FN4O3S2. The maximum atomic E-state index is 13.5. The van der Waals surface area contributed by atoms with Gasteiger partial charge in [0, 0.05) is 43.3 Å². The zero-order valence-electron chi connectivity index (χ0n) is 19.5. The summed E-state index contributed by atoms with van der Waals surface area (Å²) in [7, 11) is -3.56. The van der Waals surface area contributed by atoms with Gasteiger partial charge in [-0.15, -0.1) is 11.3 Å². The van der Waals surface area contributed by atoms with E-state index in [0.29, 0.717) is 45.0 Å². The SMILES string of the molecule is O=S(=O)(c1ccc(N=c2scc(-c3ccc(F)cc3)n2CCc2ccccn2)cc1)N1CCOCC1. The Morgan fingerprint density at radius 1 is 1.00 bits per heavy atom. The zero-order chi connectivity index (χ0) is 25.0. The van der Waals surface area contributed by atoms with Crippen molar-refractivity contribution in [1.82, 2.24) is 13.9 Å². The Morgan fingerprint density at radius 2 is 1.75 bits per heavy atom. The van der Waals surface area contributed by atoms with Crippen molar-refractivity contribution in [2.75, 3.05) is 26.3 Å². The molecule has 1 aliphatic rings. The predicted molar refractivity (Wildman–Crippen MR) is 137 cm³/mol. The second-order valence-corrected chi connectivity index (χ2v) is 11.0. The Balaban J connectivity index is 1.47. The van der Waals surface area contributed by atoms with Crippen LogP contribution in [0.2, 0.25) is 0 Å². The minimum Gasteiger partial charge on any atom is -0.379 e. The highest BCUT2D eigenvalue weighted by Gasteiger charge is 2.26. The molecule has 5 rings (SSSR count). The third-order valence-electron chi connectivity index (χ3n) is 5.92. The van der Waals surface area contributed by atoms with Crippen LogP contribution in [-0.2, 0) is 27.7 Å². The summed E-state index contributed by atoms with van der Waals surface area (Å²) in [5, 5.41) is 2.00. The standard InChI is InChI=1S/C26H25FN4O3S2/c27-21-6-4-20(5-7-21)25-19-35-26(31(25)14-12-22-3-1-2-13-28-22)29-23-8-10-24(11-9-23)36(32,33)30-15-17-34-18-16-30/h1-11,13,19H,12,14-18H2. The summed E-state index contributed by atoms with van der Waals surface area (Å²) < 4.78 is 48.2. The Kier molecular flexibility index (Phi) is 7.38. The van der Waals surface area contributed by atoms with E-state index in [9.17, 15) is 12.8 Å². The summed E-state index contributed by atoms with van der Waals surface area (Å²) in [4.78, 5) is 10.2. The Bertz CT molecular complexity index is 1480. The lowest BCUT2D eigenvalue weighted by Crippen LogP contribution is -2.40. The van der Waals surface area contributed by atoms with Crippen molar-refractivity contribution >= 4 is 27.0 Å². The average Bonchev–Trinajstić information content (AvgIpc) is 3.31. The van der Waals surface area contributed by atoms with Crippen molar-refractivity contribution < 1.29 is 17.5 Å². The maximum Gasteiger partial charge on any atom is 0.243 e. The molecule has 0 spiro atoms. The molecule has 4 aromatic rings. The van der Waals surface area contributed by atoms with Gasteiger partial charge in [-0.3, -0.25) is 4.98 Å². The summed E-state index contributed by atoms with van der Waals surface area (Å²) in [6.45, 7) is 2.15. The lowest BCUT2D eigenvalue weighted by Gasteiger charge is -2.26. The van der Waals surface area contributed by atoms with Crippen LogP contribution < -0.4 is 4.80 Å². The monoisotopic (exact) mass is 524 g/mol. The number of thiazole rings is 1. The van der Waals surface area contributed by atoms with Crippen LogP contribution in [0.25, 0.3) is 11.3 Å². The smallest absolute Gasteiger partial charge is 0.243 e. The van der Waals surface area contributed by atoms with Crippen LogP contribution in [0.3, 0.4) is 0 Å². The lowest BCUT2D eigenvalue weighted by atomic mass is 10.1. The van der Waals surface area contributed by atoms with Gasteiger partial charge in [0.1, 0.15) is 5.82 Å². The van der Waals surface area contributed by atoms with E-state index in [1.165, 1.54) is 27.8 Å². The van der Waals surface area contributed by atoms with Crippen molar-refractivity contribution in [3.05, 3.63) is 94.6 Å². The van der Waals surface area contributed by atoms with Crippen LogP contribution in [-0.4, -0.2) is 48.6 Å². The second-order valence-electron chi connectivity index (χ2n) is 8.26. The number of pyridine rings is 1. The fourth-order valence-corrected chi connectivity index (χ4v) is 6.36. The average molecular weight is 525 g/mol. The van der Waals surface area contributed by atoms with E-state index in [0.717, 1.165) is 21.8 Å². The number of sulfonamides is 1. The number of aromatic nitrogens is 2. The molecule has 0 saturated carbocycles. The van der Waals surface area contributed by atoms with E-state index in [2.05, 4.69) is 9.55 Å². The van der Waals surface area contributed by atoms with Gasteiger partial charge in [-0.1, -0.05) is 6.07 Å². The Morgan fingerprint density at radius 3 is 2.44 bits per heavy atom. The molecule has 186 valence electrons. The molecule has 36 heavy (non-hydrogen) atoms. The van der Waals surface area contributed by atoms with E-state index in [1.54, 1.807) is 42.6 Å². The highest BCUT2D eigenvalue weighted by atomic mass is 32.2. The summed E-state index contributed by atoms with van der Waals surface area (Å²) >= 11 is 1.48. The first kappa shape index (κ1) is 24.5. The number of ether oxygens (including phenoxy) is 1. The molecule has 1 aliphatic heterocycles. The van der Waals surface area contributed by atoms with Gasteiger partial charge in [-0.25, -0.2) is 17.8 Å². The predicted octanol–water partition coefficient (Wildman–Crippen LogP) is 4.25. The topological polar surface area (TPSA) is 76.8 Å². The molecule has 0 amide bonds. The fraction of sp³-hybridized carbons (Fsp3) is 0.231. The molecule has 0 N–H and O–H groups in total. The Labute approximate surface area is 213 Å². The van der Waals surface area contributed by atoms with Crippen LogP contribution in [0.5, 0.6) is 0 Å². The number of hydrogen-bond acceptors (Lipinski definition) is 6. The number of halogens is 1. The Hall–Kier alpha value is -3.18. The van der Waals surface area contributed by atoms with Gasteiger partial charge in [0.05, 0.1) is 29.5 Å². The van der Waals surface area contributed by atoms with E-state index in [1.807, 2.05) is 23.6 Å². The molecule has 0 atom stereocenters. The highest BCUT2D eigenvalue weighted by molar-refractivity contribution is 7.89. The minimum absolute atomic E-state index is 0.240. The molecule has 0 bridgehead atoms. The first-order valence-electron chi connectivity index (χ1n) is 11.6. The normalized spacial score (nSPS) is 15.3. The van der Waals surface area contributed by atoms with Crippen molar-refractivity contribution in [1.29, 1.82) is 0 Å². The third-order valence-corrected chi connectivity index (χ3v) is 8.70. The molecule has 0 radical (unpaired) electrons. The first-order valence-corrected chi connectivity index (χ1v) is 13.9. The van der Waals surface area contributed by atoms with E-state index < -0.39 is 10.0 Å². The third kappa shape index (κ3) is 5.46. The summed E-state index contributed by atoms with van der Waals surface area (Å²) in [6.07, 6.45) is 2.47. The van der Waals surface area contributed by atoms with Crippen molar-refractivity contribution in [3.8, 4) is 11.3 Å². The van der Waals surface area contributed by atoms with Gasteiger partial charge in [0.25, 0.3) is 0 Å². The molecular weight excluding hydrogens is 499 g/mol.